The van der Waals surface area contributed by atoms with E-state index in [1.54, 1.807) is 17.4 Å². The first kappa shape index (κ1) is 16.6. The van der Waals surface area contributed by atoms with Gasteiger partial charge in [-0.25, -0.2) is 4.98 Å². The molecule has 126 valence electrons. The molecule has 1 saturated heterocycles. The lowest BCUT2D eigenvalue weighted by Crippen LogP contribution is -2.41. The number of piperidine rings is 1. The minimum absolute atomic E-state index is 0.0653. The van der Waals surface area contributed by atoms with Crippen molar-refractivity contribution in [3.8, 4) is 5.88 Å². The Hall–Kier alpha value is -2.21. The van der Waals surface area contributed by atoms with Crippen molar-refractivity contribution in [3.05, 3.63) is 46.1 Å². The van der Waals surface area contributed by atoms with Gasteiger partial charge in [-0.1, -0.05) is 6.07 Å². The van der Waals surface area contributed by atoms with Crippen LogP contribution in [-0.2, 0) is 4.79 Å². The molecule has 0 radical (unpaired) electrons. The van der Waals surface area contributed by atoms with Crippen molar-refractivity contribution in [1.29, 1.82) is 0 Å². The van der Waals surface area contributed by atoms with Gasteiger partial charge in [0, 0.05) is 48.6 Å². The van der Waals surface area contributed by atoms with E-state index in [0.29, 0.717) is 19.0 Å². The van der Waals surface area contributed by atoms with Crippen molar-refractivity contribution in [2.24, 2.45) is 0 Å². The lowest BCUT2D eigenvalue weighted by molar-refractivity contribution is -0.127. The number of aryl methyl sites for hydroxylation is 2. The number of carbonyl (C=O) groups is 1. The van der Waals surface area contributed by atoms with Gasteiger partial charge in [0.05, 0.1) is 0 Å². The van der Waals surface area contributed by atoms with E-state index in [-0.39, 0.29) is 12.0 Å². The molecule has 1 amide bonds. The molecule has 0 spiro atoms. The molecule has 1 fully saturated rings. The Bertz CT molecular complexity index is 700. The Morgan fingerprint density at radius 3 is 2.79 bits per heavy atom. The molecule has 6 heteroatoms. The molecule has 1 aliphatic heterocycles. The summed E-state index contributed by atoms with van der Waals surface area (Å²) in [7, 11) is 0. The number of thiophene rings is 1. The highest BCUT2D eigenvalue weighted by atomic mass is 32.1. The molecule has 3 heterocycles. The van der Waals surface area contributed by atoms with Crippen LogP contribution < -0.4 is 4.74 Å². The number of carbonyl (C=O) groups excluding carboxylic acids is 1. The van der Waals surface area contributed by atoms with Crippen LogP contribution in [0.4, 0.5) is 0 Å². The minimum atomic E-state index is 0.0653. The second-order valence-corrected chi connectivity index (χ2v) is 6.87. The highest BCUT2D eigenvalue weighted by Crippen LogP contribution is 2.19. The fourth-order valence-corrected chi connectivity index (χ4v) is 3.37. The van der Waals surface area contributed by atoms with Crippen molar-refractivity contribution in [2.75, 3.05) is 13.1 Å². The Morgan fingerprint density at radius 2 is 2.12 bits per heavy atom. The van der Waals surface area contributed by atoms with Crippen molar-refractivity contribution in [2.45, 2.75) is 32.8 Å². The van der Waals surface area contributed by atoms with E-state index in [1.165, 1.54) is 0 Å². The summed E-state index contributed by atoms with van der Waals surface area (Å²) in [5.41, 5.74) is 0.906. The van der Waals surface area contributed by atoms with Crippen LogP contribution in [-0.4, -0.2) is 40.0 Å². The lowest BCUT2D eigenvalue weighted by Gasteiger charge is -2.31. The van der Waals surface area contributed by atoms with Crippen LogP contribution in [0.5, 0.6) is 5.88 Å². The minimum Gasteiger partial charge on any atom is -0.474 e. The number of hydrogen-bond acceptors (Lipinski definition) is 5. The number of likely N-dealkylation sites (tertiary alicyclic amines) is 1. The maximum atomic E-state index is 12.2. The van der Waals surface area contributed by atoms with E-state index in [0.717, 1.165) is 29.2 Å². The van der Waals surface area contributed by atoms with Crippen molar-refractivity contribution >= 4 is 23.3 Å². The normalized spacial score (nSPS) is 15.8. The number of nitrogens with zero attached hydrogens (tertiary/aromatic N) is 3. The molecule has 0 unspecified atom stereocenters. The van der Waals surface area contributed by atoms with E-state index < -0.39 is 0 Å². The summed E-state index contributed by atoms with van der Waals surface area (Å²) >= 11 is 1.63. The Balaban J connectivity index is 1.51. The third-order valence-electron chi connectivity index (χ3n) is 3.92. The van der Waals surface area contributed by atoms with Crippen molar-refractivity contribution in [3.63, 3.8) is 0 Å². The van der Waals surface area contributed by atoms with E-state index >= 15 is 0 Å². The smallest absolute Gasteiger partial charge is 0.246 e. The summed E-state index contributed by atoms with van der Waals surface area (Å²) in [6.45, 7) is 5.21. The summed E-state index contributed by atoms with van der Waals surface area (Å²) < 4.78 is 5.96. The fraction of sp³-hybridized carbons (Fsp3) is 0.389. The van der Waals surface area contributed by atoms with Crippen LogP contribution in [0.15, 0.2) is 29.7 Å². The fourth-order valence-electron chi connectivity index (χ4n) is 2.75. The molecule has 0 N–H and O–H groups in total. The molecule has 0 bridgehead atoms. The quantitative estimate of drug-likeness (QED) is 0.800. The van der Waals surface area contributed by atoms with Crippen LogP contribution in [0, 0.1) is 13.8 Å². The molecule has 1 aliphatic rings. The first-order valence-corrected chi connectivity index (χ1v) is 8.97. The number of rotatable bonds is 4. The zero-order valence-corrected chi connectivity index (χ0v) is 14.8. The standard InChI is InChI=1S/C18H21N3O2S/c1-13-12-17(20-14(2)19-13)23-15-7-9-21(10-8-15)18(22)6-5-16-4-3-11-24-16/h3-6,11-12,15H,7-10H2,1-2H3/b6-5+. The van der Waals surface area contributed by atoms with Gasteiger partial charge in [-0.2, -0.15) is 4.98 Å². The van der Waals surface area contributed by atoms with Gasteiger partial charge in [0.15, 0.2) is 0 Å². The van der Waals surface area contributed by atoms with Gasteiger partial charge in [-0.05, 0) is 31.4 Å². The molecule has 2 aromatic rings. The van der Waals surface area contributed by atoms with Gasteiger partial charge < -0.3 is 9.64 Å². The maximum Gasteiger partial charge on any atom is 0.246 e. The predicted molar refractivity (Wildman–Crippen MR) is 95.1 cm³/mol. The van der Waals surface area contributed by atoms with Crippen LogP contribution in [0.2, 0.25) is 0 Å². The van der Waals surface area contributed by atoms with E-state index in [9.17, 15) is 4.79 Å². The van der Waals surface area contributed by atoms with Gasteiger partial charge >= 0.3 is 0 Å². The lowest BCUT2D eigenvalue weighted by atomic mass is 10.1. The highest BCUT2D eigenvalue weighted by molar-refractivity contribution is 7.10. The molecule has 3 rings (SSSR count). The Labute approximate surface area is 146 Å². The zero-order valence-electron chi connectivity index (χ0n) is 13.9. The molecule has 0 saturated carbocycles. The summed E-state index contributed by atoms with van der Waals surface area (Å²) in [5, 5.41) is 2.00. The third kappa shape index (κ3) is 4.41. The average molecular weight is 343 g/mol. The largest absolute Gasteiger partial charge is 0.474 e. The van der Waals surface area contributed by atoms with Gasteiger partial charge in [0.1, 0.15) is 11.9 Å². The second kappa shape index (κ2) is 7.57. The molecule has 5 nitrogen and oxygen atoms in total. The molecule has 0 aliphatic carbocycles. The third-order valence-corrected chi connectivity index (χ3v) is 4.75. The van der Waals surface area contributed by atoms with Crippen molar-refractivity contribution in [1.82, 2.24) is 14.9 Å². The number of amides is 1. The highest BCUT2D eigenvalue weighted by Gasteiger charge is 2.23. The molecule has 2 aromatic heterocycles. The van der Waals surface area contributed by atoms with Gasteiger partial charge in [-0.15, -0.1) is 11.3 Å². The summed E-state index contributed by atoms with van der Waals surface area (Å²) in [6.07, 6.45) is 5.28. The van der Waals surface area contributed by atoms with E-state index in [1.807, 2.05) is 48.4 Å². The van der Waals surface area contributed by atoms with Gasteiger partial charge in [-0.3, -0.25) is 4.79 Å². The van der Waals surface area contributed by atoms with Crippen LogP contribution in [0.25, 0.3) is 6.08 Å². The van der Waals surface area contributed by atoms with Crippen LogP contribution in [0.3, 0.4) is 0 Å². The Kier molecular flexibility index (Phi) is 5.25. The first-order valence-electron chi connectivity index (χ1n) is 8.09. The van der Waals surface area contributed by atoms with Gasteiger partial charge in [0.2, 0.25) is 11.8 Å². The number of hydrogen-bond donors (Lipinski definition) is 0. The van der Waals surface area contributed by atoms with Crippen LogP contribution in [0.1, 0.15) is 29.2 Å². The molecule has 0 aromatic carbocycles. The molecule has 24 heavy (non-hydrogen) atoms. The second-order valence-electron chi connectivity index (χ2n) is 5.89. The first-order chi connectivity index (χ1) is 11.6. The van der Waals surface area contributed by atoms with Crippen LogP contribution >= 0.6 is 11.3 Å². The van der Waals surface area contributed by atoms with Crippen molar-refractivity contribution < 1.29 is 9.53 Å². The summed E-state index contributed by atoms with van der Waals surface area (Å²) in [5.74, 6) is 1.41. The maximum absolute atomic E-state index is 12.2. The topological polar surface area (TPSA) is 55.3 Å². The number of ether oxygens (including phenoxy) is 1. The van der Waals surface area contributed by atoms with E-state index in [4.69, 9.17) is 4.74 Å². The monoisotopic (exact) mass is 343 g/mol. The van der Waals surface area contributed by atoms with Gasteiger partial charge in [0.25, 0.3) is 0 Å². The molecular weight excluding hydrogens is 322 g/mol. The SMILES string of the molecule is Cc1cc(OC2CCN(C(=O)/C=C/c3cccs3)CC2)nc(C)n1. The Morgan fingerprint density at radius 1 is 1.33 bits per heavy atom. The molecule has 0 atom stereocenters. The zero-order chi connectivity index (χ0) is 16.9. The van der Waals surface area contributed by atoms with E-state index in [2.05, 4.69) is 9.97 Å². The molecular formula is C18H21N3O2S. The average Bonchev–Trinajstić information content (AvgIpc) is 3.06. The number of aromatic nitrogens is 2. The summed E-state index contributed by atoms with van der Waals surface area (Å²) in [4.78, 5) is 23.8. The summed E-state index contributed by atoms with van der Waals surface area (Å²) in [6, 6.07) is 5.84. The predicted octanol–water partition coefficient (Wildman–Crippen LogP) is 3.24.